The van der Waals surface area contributed by atoms with Crippen LogP contribution in [0.5, 0.6) is 0 Å². The molecule has 1 N–H and O–H groups in total. The van der Waals surface area contributed by atoms with Gasteiger partial charge in [-0.05, 0) is 44.5 Å². The van der Waals surface area contributed by atoms with Gasteiger partial charge in [0.15, 0.2) is 0 Å². The third-order valence-electron chi connectivity index (χ3n) is 1.92. The van der Waals surface area contributed by atoms with Gasteiger partial charge >= 0.3 is 0 Å². The second-order valence-electron chi connectivity index (χ2n) is 3.82. The molecule has 0 aromatic heterocycles. The van der Waals surface area contributed by atoms with E-state index in [1.54, 1.807) is 0 Å². The molecular formula is C11H13ClN2. The second kappa shape index (κ2) is 3.89. The van der Waals surface area contributed by atoms with Crippen LogP contribution >= 0.6 is 11.6 Å². The lowest BCUT2D eigenvalue weighted by atomic mass is 10.1. The summed E-state index contributed by atoms with van der Waals surface area (Å²) in [5.41, 5.74) is 1.43. The van der Waals surface area contributed by atoms with E-state index in [0.29, 0.717) is 5.02 Å². The highest BCUT2D eigenvalue weighted by molar-refractivity contribution is 6.30. The number of halogens is 1. The van der Waals surface area contributed by atoms with E-state index in [0.717, 1.165) is 11.3 Å². The molecule has 1 aromatic carbocycles. The maximum Gasteiger partial charge on any atom is 0.119 e. The van der Waals surface area contributed by atoms with Gasteiger partial charge in [-0.1, -0.05) is 11.6 Å². The molecule has 0 aliphatic carbocycles. The molecule has 0 aliphatic rings. The molecule has 0 saturated heterocycles. The summed E-state index contributed by atoms with van der Waals surface area (Å²) in [4.78, 5) is 0. The Morgan fingerprint density at radius 2 is 2.07 bits per heavy atom. The number of aryl methyl sites for hydroxylation is 1. The Morgan fingerprint density at radius 3 is 2.57 bits per heavy atom. The van der Waals surface area contributed by atoms with Gasteiger partial charge in [-0.3, -0.25) is 0 Å². The summed E-state index contributed by atoms with van der Waals surface area (Å²) in [6.45, 7) is 5.63. The molecule has 14 heavy (non-hydrogen) atoms. The molecule has 0 fully saturated rings. The molecule has 1 rings (SSSR count). The molecule has 0 aliphatic heterocycles. The van der Waals surface area contributed by atoms with Gasteiger partial charge in [-0.15, -0.1) is 0 Å². The summed E-state index contributed by atoms with van der Waals surface area (Å²) in [5, 5.41) is 12.7. The van der Waals surface area contributed by atoms with Crippen LogP contribution in [0, 0.1) is 18.3 Å². The van der Waals surface area contributed by atoms with Gasteiger partial charge in [-0.25, -0.2) is 0 Å². The molecule has 0 spiro atoms. The fraction of sp³-hybridized carbons (Fsp3) is 0.364. The van der Waals surface area contributed by atoms with Crippen LogP contribution in [-0.2, 0) is 0 Å². The third kappa shape index (κ3) is 2.65. The van der Waals surface area contributed by atoms with Gasteiger partial charge in [0, 0.05) is 10.7 Å². The number of benzene rings is 1. The third-order valence-corrected chi connectivity index (χ3v) is 2.15. The molecule has 2 nitrogen and oxygen atoms in total. The van der Waals surface area contributed by atoms with E-state index in [-0.39, 0.29) is 0 Å². The smallest absolute Gasteiger partial charge is 0.119 e. The van der Waals surface area contributed by atoms with Crippen molar-refractivity contribution in [2.45, 2.75) is 26.3 Å². The molecular weight excluding hydrogens is 196 g/mol. The molecule has 0 heterocycles. The Morgan fingerprint density at radius 1 is 1.43 bits per heavy atom. The normalized spacial score (nSPS) is 10.8. The lowest BCUT2D eigenvalue weighted by molar-refractivity contribution is 0.728. The van der Waals surface area contributed by atoms with Gasteiger partial charge in [-0.2, -0.15) is 5.26 Å². The average Bonchev–Trinajstić information content (AvgIpc) is 2.10. The van der Waals surface area contributed by atoms with Crippen molar-refractivity contribution in [2.24, 2.45) is 0 Å². The molecule has 0 unspecified atom stereocenters. The van der Waals surface area contributed by atoms with E-state index in [1.165, 1.54) is 0 Å². The minimum Gasteiger partial charge on any atom is -0.368 e. The number of nitrogens with zero attached hydrogens (tertiary/aromatic N) is 1. The van der Waals surface area contributed by atoms with Gasteiger partial charge in [0.05, 0.1) is 6.07 Å². The van der Waals surface area contributed by atoms with Crippen LogP contribution in [0.2, 0.25) is 5.02 Å². The largest absolute Gasteiger partial charge is 0.368 e. The zero-order chi connectivity index (χ0) is 10.8. The summed E-state index contributed by atoms with van der Waals surface area (Å²) in [6.07, 6.45) is 0. The highest BCUT2D eigenvalue weighted by Gasteiger charge is 2.16. The molecule has 0 atom stereocenters. The van der Waals surface area contributed by atoms with Crippen LogP contribution in [0.25, 0.3) is 0 Å². The van der Waals surface area contributed by atoms with E-state index in [2.05, 4.69) is 11.4 Å². The van der Waals surface area contributed by atoms with E-state index >= 15 is 0 Å². The van der Waals surface area contributed by atoms with Crippen LogP contribution in [0.4, 0.5) is 5.69 Å². The zero-order valence-electron chi connectivity index (χ0n) is 8.56. The van der Waals surface area contributed by atoms with Crippen LogP contribution in [0.3, 0.4) is 0 Å². The highest BCUT2D eigenvalue weighted by atomic mass is 35.5. The topological polar surface area (TPSA) is 35.8 Å². The summed E-state index contributed by atoms with van der Waals surface area (Å²) in [5.74, 6) is 0. The maximum atomic E-state index is 8.86. The Balaban J connectivity index is 2.94. The van der Waals surface area contributed by atoms with Crippen LogP contribution in [0.15, 0.2) is 18.2 Å². The highest BCUT2D eigenvalue weighted by Crippen LogP contribution is 2.22. The first-order valence-electron chi connectivity index (χ1n) is 4.40. The van der Waals surface area contributed by atoms with Crippen molar-refractivity contribution in [3.8, 4) is 6.07 Å². The number of nitriles is 1. The standard InChI is InChI=1S/C11H13ClN2/c1-8-6-9(12)4-5-10(8)14-11(2,3)7-13/h4-6,14H,1-3H3. The number of anilines is 1. The van der Waals surface area contributed by atoms with Crippen molar-refractivity contribution >= 4 is 17.3 Å². The Bertz CT molecular complexity index is 377. The van der Waals surface area contributed by atoms with Crippen molar-refractivity contribution in [2.75, 3.05) is 5.32 Å². The van der Waals surface area contributed by atoms with Gasteiger partial charge < -0.3 is 5.32 Å². The van der Waals surface area contributed by atoms with Crippen LogP contribution in [0.1, 0.15) is 19.4 Å². The molecule has 74 valence electrons. The SMILES string of the molecule is Cc1cc(Cl)ccc1NC(C)(C)C#N. The lowest BCUT2D eigenvalue weighted by Gasteiger charge is -2.20. The predicted molar refractivity (Wildman–Crippen MR) is 59.5 cm³/mol. The summed E-state index contributed by atoms with van der Waals surface area (Å²) in [6, 6.07) is 7.76. The van der Waals surface area contributed by atoms with Crippen LogP contribution < -0.4 is 5.32 Å². The molecule has 0 amide bonds. The minimum atomic E-state index is -0.557. The average molecular weight is 209 g/mol. The maximum absolute atomic E-state index is 8.86. The van der Waals surface area contributed by atoms with Crippen molar-refractivity contribution in [1.29, 1.82) is 5.26 Å². The van der Waals surface area contributed by atoms with Crippen molar-refractivity contribution in [3.05, 3.63) is 28.8 Å². The number of nitrogens with one attached hydrogen (secondary N) is 1. The number of rotatable bonds is 2. The summed E-state index contributed by atoms with van der Waals surface area (Å²) >= 11 is 5.83. The number of hydrogen-bond donors (Lipinski definition) is 1. The molecule has 0 saturated carbocycles. The fourth-order valence-corrected chi connectivity index (χ4v) is 1.36. The van der Waals surface area contributed by atoms with Crippen molar-refractivity contribution in [1.82, 2.24) is 0 Å². The van der Waals surface area contributed by atoms with E-state index in [1.807, 2.05) is 39.0 Å². The van der Waals surface area contributed by atoms with Crippen molar-refractivity contribution < 1.29 is 0 Å². The Labute approximate surface area is 89.5 Å². The monoisotopic (exact) mass is 208 g/mol. The zero-order valence-corrected chi connectivity index (χ0v) is 9.31. The molecule has 0 radical (unpaired) electrons. The van der Waals surface area contributed by atoms with E-state index < -0.39 is 5.54 Å². The van der Waals surface area contributed by atoms with Gasteiger partial charge in [0.25, 0.3) is 0 Å². The van der Waals surface area contributed by atoms with Crippen molar-refractivity contribution in [3.63, 3.8) is 0 Å². The Kier molecular flexibility index (Phi) is 3.03. The summed E-state index contributed by atoms with van der Waals surface area (Å²) in [7, 11) is 0. The van der Waals surface area contributed by atoms with E-state index in [4.69, 9.17) is 16.9 Å². The first-order chi connectivity index (χ1) is 6.44. The Hall–Kier alpha value is -1.20. The quantitative estimate of drug-likeness (QED) is 0.809. The summed E-state index contributed by atoms with van der Waals surface area (Å²) < 4.78 is 0. The molecule has 1 aromatic rings. The second-order valence-corrected chi connectivity index (χ2v) is 4.26. The lowest BCUT2D eigenvalue weighted by Crippen LogP contribution is -2.28. The minimum absolute atomic E-state index is 0.557. The van der Waals surface area contributed by atoms with Gasteiger partial charge in [0.1, 0.15) is 5.54 Å². The fourth-order valence-electron chi connectivity index (χ4n) is 1.13. The molecule has 0 bridgehead atoms. The molecule has 3 heteroatoms. The first kappa shape index (κ1) is 10.9. The van der Waals surface area contributed by atoms with Gasteiger partial charge in [0.2, 0.25) is 0 Å². The first-order valence-corrected chi connectivity index (χ1v) is 4.78. The van der Waals surface area contributed by atoms with E-state index in [9.17, 15) is 0 Å². The number of hydrogen-bond acceptors (Lipinski definition) is 2. The predicted octanol–water partition coefficient (Wildman–Crippen LogP) is 3.36. The van der Waals surface area contributed by atoms with Crippen LogP contribution in [-0.4, -0.2) is 5.54 Å².